The molecule has 0 aliphatic heterocycles. The van der Waals surface area contributed by atoms with Crippen molar-refractivity contribution in [3.63, 3.8) is 0 Å². The van der Waals surface area contributed by atoms with E-state index in [9.17, 15) is 4.79 Å². The fourth-order valence-electron chi connectivity index (χ4n) is 2.27. The summed E-state index contributed by atoms with van der Waals surface area (Å²) in [6, 6.07) is 14.5. The summed E-state index contributed by atoms with van der Waals surface area (Å²) in [5.74, 6) is 0.0458. The van der Waals surface area contributed by atoms with Gasteiger partial charge in [-0.05, 0) is 41.8 Å². The Morgan fingerprint density at radius 1 is 0.917 bits per heavy atom. The van der Waals surface area contributed by atoms with Crippen molar-refractivity contribution in [2.24, 2.45) is 0 Å². The molecule has 0 saturated carbocycles. The van der Waals surface area contributed by atoms with Gasteiger partial charge in [0, 0.05) is 5.57 Å². The molecule has 128 valence electrons. The van der Waals surface area contributed by atoms with Crippen LogP contribution in [0.15, 0.2) is 72.8 Å². The molecule has 2 aromatic carbocycles. The summed E-state index contributed by atoms with van der Waals surface area (Å²) in [6.45, 7) is 15.3. The van der Waals surface area contributed by atoms with Gasteiger partial charge in [0.25, 0.3) is 0 Å². The molecule has 1 heteroatoms. The third-order valence-electron chi connectivity index (χ3n) is 3.29. The normalized spacial score (nSPS) is 10.9. The summed E-state index contributed by atoms with van der Waals surface area (Å²) in [5.41, 5.74) is 2.90. The second kappa shape index (κ2) is 12.1. The highest BCUT2D eigenvalue weighted by molar-refractivity contribution is 6.00. The van der Waals surface area contributed by atoms with E-state index in [0.717, 1.165) is 11.1 Å². The van der Waals surface area contributed by atoms with E-state index in [1.54, 1.807) is 19.1 Å². The van der Waals surface area contributed by atoms with E-state index in [0.29, 0.717) is 5.57 Å². The van der Waals surface area contributed by atoms with Gasteiger partial charge < -0.3 is 0 Å². The van der Waals surface area contributed by atoms with E-state index in [1.165, 1.54) is 10.8 Å². The highest BCUT2D eigenvalue weighted by Crippen LogP contribution is 2.25. The Bertz CT molecular complexity index is 712. The number of carbonyl (C=O) groups is 1. The van der Waals surface area contributed by atoms with Crippen molar-refractivity contribution in [1.29, 1.82) is 0 Å². The van der Waals surface area contributed by atoms with Gasteiger partial charge in [-0.25, -0.2) is 0 Å². The molecular weight excluding hydrogens is 292 g/mol. The van der Waals surface area contributed by atoms with Crippen LogP contribution in [0.1, 0.15) is 47.1 Å². The van der Waals surface area contributed by atoms with Crippen LogP contribution in [-0.4, -0.2) is 5.78 Å². The lowest BCUT2D eigenvalue weighted by Gasteiger charge is -2.07. The van der Waals surface area contributed by atoms with Crippen molar-refractivity contribution >= 4 is 22.1 Å². The van der Waals surface area contributed by atoms with E-state index < -0.39 is 0 Å². The molecule has 0 bridgehead atoms. The Morgan fingerprint density at radius 2 is 1.50 bits per heavy atom. The van der Waals surface area contributed by atoms with Crippen LogP contribution in [0, 0.1) is 0 Å². The number of hydrogen-bond donors (Lipinski definition) is 0. The molecule has 2 aromatic rings. The molecule has 0 amide bonds. The number of allylic oxidation sites excluding steroid dienone is 5. The van der Waals surface area contributed by atoms with Crippen LogP contribution in [0.4, 0.5) is 0 Å². The number of fused-ring (bicyclic) bond motifs is 1. The molecule has 0 saturated heterocycles. The Hall–Kier alpha value is -2.41. The van der Waals surface area contributed by atoms with Crippen molar-refractivity contribution in [2.75, 3.05) is 0 Å². The zero-order valence-electron chi connectivity index (χ0n) is 15.9. The highest BCUT2D eigenvalue weighted by atomic mass is 16.1. The van der Waals surface area contributed by atoms with Crippen LogP contribution < -0.4 is 0 Å². The third kappa shape index (κ3) is 6.00. The number of carbonyl (C=O) groups excluding carboxylic acids is 1. The zero-order valence-corrected chi connectivity index (χ0v) is 15.9. The standard InChI is InChI=1S/C19H18O.2C2H6/c1-4-8-17(15(3)20)13-14(2)18-12-7-10-16-9-5-6-11-19(16)18;2*1-2/h4-13H,1H2,2-3H3;2*1-2H3/b14-13+,17-8+;;. The number of rotatable bonds is 4. The monoisotopic (exact) mass is 322 g/mol. The van der Waals surface area contributed by atoms with Crippen molar-refractivity contribution in [2.45, 2.75) is 41.5 Å². The Balaban J connectivity index is 0.00000123. The minimum atomic E-state index is 0.0458. The average Bonchev–Trinajstić information content (AvgIpc) is 2.64. The third-order valence-corrected chi connectivity index (χ3v) is 3.29. The Kier molecular flexibility index (Phi) is 10.9. The average molecular weight is 322 g/mol. The number of ketones is 1. The maximum atomic E-state index is 11.6. The first-order valence-electron chi connectivity index (χ1n) is 8.63. The minimum absolute atomic E-state index is 0.0458. The van der Waals surface area contributed by atoms with Gasteiger partial charge in [0.1, 0.15) is 0 Å². The summed E-state index contributed by atoms with van der Waals surface area (Å²) in [7, 11) is 0. The molecule has 2 rings (SSSR count). The van der Waals surface area contributed by atoms with Crippen molar-refractivity contribution in [3.05, 3.63) is 78.4 Å². The topological polar surface area (TPSA) is 17.1 Å². The van der Waals surface area contributed by atoms with Gasteiger partial charge in [-0.15, -0.1) is 0 Å². The van der Waals surface area contributed by atoms with Gasteiger partial charge in [0.2, 0.25) is 0 Å². The molecule has 0 spiro atoms. The summed E-state index contributed by atoms with van der Waals surface area (Å²) < 4.78 is 0. The quantitative estimate of drug-likeness (QED) is 0.437. The second-order valence-corrected chi connectivity index (χ2v) is 4.77. The largest absolute Gasteiger partial charge is 0.295 e. The molecule has 0 fully saturated rings. The SMILES string of the molecule is C=C/C=C(\C=C(/C)c1cccc2ccccc12)C(C)=O.CC.CC. The van der Waals surface area contributed by atoms with E-state index in [-0.39, 0.29) is 5.78 Å². The first kappa shape index (κ1) is 21.6. The molecule has 1 nitrogen and oxygen atoms in total. The van der Waals surface area contributed by atoms with Crippen molar-refractivity contribution < 1.29 is 4.79 Å². The van der Waals surface area contributed by atoms with Crippen LogP contribution in [0.3, 0.4) is 0 Å². The van der Waals surface area contributed by atoms with Gasteiger partial charge in [-0.2, -0.15) is 0 Å². The highest BCUT2D eigenvalue weighted by Gasteiger charge is 2.05. The maximum Gasteiger partial charge on any atom is 0.159 e. The molecule has 0 radical (unpaired) electrons. The Morgan fingerprint density at radius 3 is 2.08 bits per heavy atom. The van der Waals surface area contributed by atoms with Gasteiger partial charge in [-0.1, -0.05) is 88.9 Å². The summed E-state index contributed by atoms with van der Waals surface area (Å²) in [5, 5.41) is 2.40. The molecule has 0 N–H and O–H groups in total. The van der Waals surface area contributed by atoms with Gasteiger partial charge in [0.15, 0.2) is 5.78 Å². The van der Waals surface area contributed by atoms with E-state index in [1.807, 2.05) is 58.9 Å². The van der Waals surface area contributed by atoms with Crippen LogP contribution >= 0.6 is 0 Å². The summed E-state index contributed by atoms with van der Waals surface area (Å²) in [4.78, 5) is 11.6. The van der Waals surface area contributed by atoms with Crippen LogP contribution in [0.25, 0.3) is 16.3 Å². The van der Waals surface area contributed by atoms with Crippen molar-refractivity contribution in [3.8, 4) is 0 Å². The van der Waals surface area contributed by atoms with Gasteiger partial charge in [-0.3, -0.25) is 4.79 Å². The van der Waals surface area contributed by atoms with E-state index in [4.69, 9.17) is 0 Å². The predicted molar refractivity (Wildman–Crippen MR) is 109 cm³/mol. The minimum Gasteiger partial charge on any atom is -0.295 e. The maximum absolute atomic E-state index is 11.6. The smallest absolute Gasteiger partial charge is 0.159 e. The lowest BCUT2D eigenvalue weighted by molar-refractivity contribution is -0.113. The molecular formula is C23H30O. The lowest BCUT2D eigenvalue weighted by Crippen LogP contribution is -1.94. The molecule has 24 heavy (non-hydrogen) atoms. The van der Waals surface area contributed by atoms with E-state index in [2.05, 4.69) is 30.8 Å². The second-order valence-electron chi connectivity index (χ2n) is 4.77. The van der Waals surface area contributed by atoms with E-state index >= 15 is 0 Å². The first-order chi connectivity index (χ1) is 11.6. The summed E-state index contributed by atoms with van der Waals surface area (Å²) in [6.07, 6.45) is 5.31. The number of hydrogen-bond acceptors (Lipinski definition) is 1. The molecule has 0 aliphatic rings. The Labute approximate surface area is 147 Å². The molecule has 0 aliphatic carbocycles. The zero-order chi connectivity index (χ0) is 18.5. The number of benzene rings is 2. The van der Waals surface area contributed by atoms with Crippen LogP contribution in [0.5, 0.6) is 0 Å². The fraction of sp³-hybridized carbons (Fsp3) is 0.261. The molecule has 0 heterocycles. The summed E-state index contributed by atoms with van der Waals surface area (Å²) >= 11 is 0. The van der Waals surface area contributed by atoms with Crippen LogP contribution in [0.2, 0.25) is 0 Å². The van der Waals surface area contributed by atoms with Crippen LogP contribution in [-0.2, 0) is 4.79 Å². The lowest BCUT2D eigenvalue weighted by atomic mass is 9.97. The molecule has 0 atom stereocenters. The molecule has 0 unspecified atom stereocenters. The molecule has 0 aromatic heterocycles. The fourth-order valence-corrected chi connectivity index (χ4v) is 2.27. The van der Waals surface area contributed by atoms with Gasteiger partial charge in [0.05, 0.1) is 0 Å². The van der Waals surface area contributed by atoms with Crippen molar-refractivity contribution in [1.82, 2.24) is 0 Å². The predicted octanol–water partition coefficient (Wildman–Crippen LogP) is 7.00. The van der Waals surface area contributed by atoms with Gasteiger partial charge >= 0.3 is 0 Å². The number of Topliss-reactive ketones (excluding diaryl/α,β-unsaturated/α-hetero) is 1. The first-order valence-corrected chi connectivity index (χ1v) is 8.63.